The Hall–Kier alpha value is -3.13. The lowest BCUT2D eigenvalue weighted by Gasteiger charge is -2.32. The third-order valence-electron chi connectivity index (χ3n) is 5.54. The monoisotopic (exact) mass is 435 g/mol. The van der Waals surface area contributed by atoms with Crippen molar-refractivity contribution in [3.63, 3.8) is 0 Å². The van der Waals surface area contributed by atoms with E-state index < -0.39 is 6.04 Å². The predicted octanol–water partition coefficient (Wildman–Crippen LogP) is 3.68. The molecule has 0 radical (unpaired) electrons. The Labute approximate surface area is 185 Å². The molecule has 2 heterocycles. The number of benzene rings is 1. The fraction of sp³-hybridized carbons (Fsp3) is 0.348. The van der Waals surface area contributed by atoms with E-state index >= 15 is 0 Å². The molecule has 0 spiro atoms. The fourth-order valence-electron chi connectivity index (χ4n) is 4.04. The Morgan fingerprint density at radius 2 is 2.06 bits per heavy atom. The first-order valence-electron chi connectivity index (χ1n) is 10.5. The van der Waals surface area contributed by atoms with Crippen molar-refractivity contribution >= 4 is 23.3 Å². The van der Waals surface area contributed by atoms with E-state index in [0.717, 1.165) is 53.9 Å². The van der Waals surface area contributed by atoms with Gasteiger partial charge in [0.2, 0.25) is 5.91 Å². The largest absolute Gasteiger partial charge is 0.351 e. The van der Waals surface area contributed by atoms with Gasteiger partial charge < -0.3 is 10.2 Å². The van der Waals surface area contributed by atoms with Gasteiger partial charge in [-0.05, 0) is 48.5 Å². The minimum Gasteiger partial charge on any atom is -0.351 e. The maximum absolute atomic E-state index is 13.6. The van der Waals surface area contributed by atoms with Crippen LogP contribution in [0.3, 0.4) is 0 Å². The second kappa shape index (κ2) is 9.78. The second-order valence-electron chi connectivity index (χ2n) is 7.89. The van der Waals surface area contributed by atoms with Crippen LogP contribution < -0.4 is 5.32 Å². The standard InChI is InChI=1S/C23H25N5O2S/c1-16-6-4-8-18(12-16)21(22(29)25-19-9-2-3-10-19)28(14-17-7-5-11-24-13-17)23(30)20-15-31-27-26-20/h4-8,11-13,15,19,21H,2-3,9-10,14H2,1H3,(H,25,29)/t21-/m0/s1. The summed E-state index contributed by atoms with van der Waals surface area (Å²) in [6, 6.07) is 10.8. The highest BCUT2D eigenvalue weighted by molar-refractivity contribution is 7.03. The number of carbonyl (C=O) groups excluding carboxylic acids is 2. The van der Waals surface area contributed by atoms with Crippen molar-refractivity contribution in [2.24, 2.45) is 0 Å². The van der Waals surface area contributed by atoms with E-state index in [1.807, 2.05) is 43.3 Å². The average Bonchev–Trinajstić information content (AvgIpc) is 3.48. The van der Waals surface area contributed by atoms with Crippen molar-refractivity contribution in [1.82, 2.24) is 24.8 Å². The number of rotatable bonds is 7. The van der Waals surface area contributed by atoms with Gasteiger partial charge in [0, 0.05) is 30.4 Å². The molecular formula is C23H25N5O2S. The van der Waals surface area contributed by atoms with Crippen molar-refractivity contribution in [3.8, 4) is 0 Å². The topological polar surface area (TPSA) is 88.1 Å². The highest BCUT2D eigenvalue weighted by Gasteiger charge is 2.34. The summed E-state index contributed by atoms with van der Waals surface area (Å²) in [5.41, 5.74) is 2.88. The molecule has 1 aromatic carbocycles. The van der Waals surface area contributed by atoms with Crippen LogP contribution >= 0.6 is 11.5 Å². The molecule has 160 valence electrons. The van der Waals surface area contributed by atoms with Crippen molar-refractivity contribution in [1.29, 1.82) is 0 Å². The van der Waals surface area contributed by atoms with Gasteiger partial charge in [0.05, 0.1) is 0 Å². The molecule has 1 atom stereocenters. The van der Waals surface area contributed by atoms with Crippen molar-refractivity contribution in [3.05, 3.63) is 76.6 Å². The highest BCUT2D eigenvalue weighted by Crippen LogP contribution is 2.27. The quantitative estimate of drug-likeness (QED) is 0.612. The van der Waals surface area contributed by atoms with Crippen LogP contribution in [0, 0.1) is 6.92 Å². The average molecular weight is 436 g/mol. The minimum atomic E-state index is -0.782. The number of nitrogens with zero attached hydrogens (tertiary/aromatic N) is 4. The van der Waals surface area contributed by atoms with Crippen LogP contribution in [0.1, 0.15) is 58.9 Å². The van der Waals surface area contributed by atoms with Crippen LogP contribution in [0.4, 0.5) is 0 Å². The summed E-state index contributed by atoms with van der Waals surface area (Å²) in [5, 5.41) is 8.76. The number of aryl methyl sites for hydroxylation is 1. The van der Waals surface area contributed by atoms with Gasteiger partial charge in [-0.3, -0.25) is 14.6 Å². The molecular weight excluding hydrogens is 410 g/mol. The summed E-state index contributed by atoms with van der Waals surface area (Å²) >= 11 is 1.11. The van der Waals surface area contributed by atoms with Gasteiger partial charge in [-0.2, -0.15) is 0 Å². The lowest BCUT2D eigenvalue weighted by molar-refractivity contribution is -0.126. The van der Waals surface area contributed by atoms with Crippen LogP contribution in [0.25, 0.3) is 0 Å². The molecule has 0 unspecified atom stereocenters. The number of nitrogens with one attached hydrogen (secondary N) is 1. The summed E-state index contributed by atoms with van der Waals surface area (Å²) in [6.07, 6.45) is 7.57. The molecule has 1 aliphatic carbocycles. The van der Waals surface area contributed by atoms with E-state index in [2.05, 4.69) is 19.9 Å². The first kappa shape index (κ1) is 21.1. The molecule has 1 saturated carbocycles. The van der Waals surface area contributed by atoms with Crippen LogP contribution in [0.15, 0.2) is 54.2 Å². The normalized spacial score (nSPS) is 14.9. The molecule has 0 bridgehead atoms. The molecule has 1 N–H and O–H groups in total. The molecule has 3 aromatic rings. The SMILES string of the molecule is Cc1cccc([C@@H](C(=O)NC2CCCC2)N(Cc2cccnc2)C(=O)c2csnn2)c1. The highest BCUT2D eigenvalue weighted by atomic mass is 32.1. The Balaban J connectivity index is 1.73. The molecule has 8 heteroatoms. The molecule has 4 rings (SSSR count). The summed E-state index contributed by atoms with van der Waals surface area (Å²) in [6.45, 7) is 2.22. The summed E-state index contributed by atoms with van der Waals surface area (Å²) in [4.78, 5) is 32.8. The van der Waals surface area contributed by atoms with Crippen LogP contribution in [0.5, 0.6) is 0 Å². The zero-order chi connectivity index (χ0) is 21.6. The maximum atomic E-state index is 13.6. The Kier molecular flexibility index (Phi) is 6.66. The molecule has 0 aliphatic heterocycles. The van der Waals surface area contributed by atoms with Crippen LogP contribution in [0.2, 0.25) is 0 Å². The van der Waals surface area contributed by atoms with Crippen molar-refractivity contribution < 1.29 is 9.59 Å². The third kappa shape index (κ3) is 5.14. The zero-order valence-corrected chi connectivity index (χ0v) is 18.2. The number of amides is 2. The Morgan fingerprint density at radius 1 is 1.23 bits per heavy atom. The molecule has 2 aromatic heterocycles. The van der Waals surface area contributed by atoms with E-state index in [1.54, 1.807) is 22.7 Å². The van der Waals surface area contributed by atoms with Crippen molar-refractivity contribution in [2.75, 3.05) is 0 Å². The number of hydrogen-bond donors (Lipinski definition) is 1. The summed E-state index contributed by atoms with van der Waals surface area (Å²) < 4.78 is 3.84. The molecule has 1 aliphatic rings. The molecule has 1 fully saturated rings. The second-order valence-corrected chi connectivity index (χ2v) is 8.50. The van der Waals surface area contributed by atoms with Gasteiger partial charge in [-0.25, -0.2) is 0 Å². The van der Waals surface area contributed by atoms with Gasteiger partial charge in [-0.1, -0.05) is 53.2 Å². The minimum absolute atomic E-state index is 0.149. The van der Waals surface area contributed by atoms with Gasteiger partial charge in [0.25, 0.3) is 5.91 Å². The van der Waals surface area contributed by atoms with Gasteiger partial charge >= 0.3 is 0 Å². The number of pyridine rings is 1. The first-order chi connectivity index (χ1) is 15.1. The van der Waals surface area contributed by atoms with E-state index in [4.69, 9.17) is 0 Å². The van der Waals surface area contributed by atoms with Crippen LogP contribution in [-0.2, 0) is 11.3 Å². The van der Waals surface area contributed by atoms with E-state index in [-0.39, 0.29) is 30.1 Å². The van der Waals surface area contributed by atoms with Gasteiger partial charge in [0.1, 0.15) is 6.04 Å². The number of hydrogen-bond acceptors (Lipinski definition) is 6. The smallest absolute Gasteiger partial charge is 0.276 e. The number of carbonyl (C=O) groups is 2. The van der Waals surface area contributed by atoms with Gasteiger partial charge in [-0.15, -0.1) is 5.10 Å². The lowest BCUT2D eigenvalue weighted by Crippen LogP contribution is -2.46. The molecule has 31 heavy (non-hydrogen) atoms. The summed E-state index contributed by atoms with van der Waals surface area (Å²) in [7, 11) is 0. The van der Waals surface area contributed by atoms with E-state index in [0.29, 0.717) is 0 Å². The van der Waals surface area contributed by atoms with E-state index in [1.165, 1.54) is 0 Å². The van der Waals surface area contributed by atoms with Gasteiger partial charge in [0.15, 0.2) is 5.69 Å². The fourth-order valence-corrected chi connectivity index (χ4v) is 4.47. The molecule has 7 nitrogen and oxygen atoms in total. The summed E-state index contributed by atoms with van der Waals surface area (Å²) in [5.74, 6) is -0.497. The molecule has 0 saturated heterocycles. The third-order valence-corrected chi connectivity index (χ3v) is 6.04. The maximum Gasteiger partial charge on any atom is 0.276 e. The lowest BCUT2D eigenvalue weighted by atomic mass is 10.0. The number of aromatic nitrogens is 3. The first-order valence-corrected chi connectivity index (χ1v) is 11.3. The Bertz CT molecular complexity index is 1020. The molecule has 2 amide bonds. The van der Waals surface area contributed by atoms with Crippen molar-refractivity contribution in [2.45, 2.75) is 51.2 Å². The van der Waals surface area contributed by atoms with E-state index in [9.17, 15) is 9.59 Å². The predicted molar refractivity (Wildman–Crippen MR) is 118 cm³/mol. The Morgan fingerprint density at radius 3 is 2.74 bits per heavy atom. The van der Waals surface area contributed by atoms with Crippen LogP contribution in [-0.4, -0.2) is 37.3 Å². The zero-order valence-electron chi connectivity index (χ0n) is 17.4.